The van der Waals surface area contributed by atoms with E-state index < -0.39 is 12.1 Å². The Balaban J connectivity index is 2.94. The third kappa shape index (κ3) is 2.33. The van der Waals surface area contributed by atoms with Crippen molar-refractivity contribution in [2.24, 2.45) is 0 Å². The van der Waals surface area contributed by atoms with Crippen LogP contribution in [-0.2, 0) is 10.2 Å². The lowest BCUT2D eigenvalue weighted by atomic mass is 9.95. The maximum absolute atomic E-state index is 10.5. The predicted octanol–water partition coefficient (Wildman–Crippen LogP) is 2.16. The highest BCUT2D eigenvalue weighted by Crippen LogP contribution is 2.32. The van der Waals surface area contributed by atoms with Crippen molar-refractivity contribution in [3.05, 3.63) is 21.9 Å². The van der Waals surface area contributed by atoms with E-state index in [1.807, 2.05) is 6.07 Å². The number of carbonyl (C=O) groups is 1. The van der Waals surface area contributed by atoms with Gasteiger partial charge in [-0.15, -0.1) is 11.3 Å². The molecule has 1 aromatic heterocycles. The van der Waals surface area contributed by atoms with Crippen LogP contribution in [0.1, 0.15) is 36.6 Å². The number of rotatable bonds is 2. The van der Waals surface area contributed by atoms with Crippen LogP contribution in [-0.4, -0.2) is 16.2 Å². The SMILES string of the molecule is CC(C)(C)c1ccc(C(O)C(=O)O)s1. The Hall–Kier alpha value is -0.870. The first-order chi connectivity index (χ1) is 6.32. The molecule has 2 N–H and O–H groups in total. The van der Waals surface area contributed by atoms with E-state index in [1.54, 1.807) is 6.07 Å². The van der Waals surface area contributed by atoms with Gasteiger partial charge < -0.3 is 10.2 Å². The number of aliphatic hydroxyl groups is 1. The smallest absolute Gasteiger partial charge is 0.338 e. The van der Waals surface area contributed by atoms with E-state index in [1.165, 1.54) is 11.3 Å². The van der Waals surface area contributed by atoms with Crippen LogP contribution in [0, 0.1) is 0 Å². The fourth-order valence-corrected chi connectivity index (χ4v) is 2.07. The Bertz CT molecular complexity index is 335. The summed E-state index contributed by atoms with van der Waals surface area (Å²) in [7, 11) is 0. The van der Waals surface area contributed by atoms with Crippen molar-refractivity contribution in [3.63, 3.8) is 0 Å². The Kier molecular flexibility index (Phi) is 2.97. The second kappa shape index (κ2) is 3.71. The van der Waals surface area contributed by atoms with Crippen molar-refractivity contribution in [1.82, 2.24) is 0 Å². The van der Waals surface area contributed by atoms with Crippen LogP contribution in [0.4, 0.5) is 0 Å². The lowest BCUT2D eigenvalue weighted by molar-refractivity contribution is -0.146. The topological polar surface area (TPSA) is 57.5 Å². The van der Waals surface area contributed by atoms with Gasteiger partial charge in [-0.05, 0) is 17.5 Å². The quantitative estimate of drug-likeness (QED) is 0.793. The van der Waals surface area contributed by atoms with Gasteiger partial charge in [0.2, 0.25) is 0 Å². The van der Waals surface area contributed by atoms with Gasteiger partial charge in [-0.25, -0.2) is 4.79 Å². The zero-order valence-corrected chi connectivity index (χ0v) is 9.26. The fraction of sp³-hybridized carbons (Fsp3) is 0.500. The van der Waals surface area contributed by atoms with Crippen molar-refractivity contribution < 1.29 is 15.0 Å². The average Bonchev–Trinajstić information content (AvgIpc) is 2.49. The van der Waals surface area contributed by atoms with Crippen LogP contribution >= 0.6 is 11.3 Å². The first kappa shape index (κ1) is 11.2. The van der Waals surface area contributed by atoms with Gasteiger partial charge >= 0.3 is 5.97 Å². The number of carboxylic acids is 1. The second-order valence-corrected chi connectivity index (χ2v) is 5.31. The molecule has 4 heteroatoms. The molecule has 0 aromatic carbocycles. The number of aliphatic carboxylic acids is 1. The summed E-state index contributed by atoms with van der Waals surface area (Å²) < 4.78 is 0. The minimum atomic E-state index is -1.39. The molecule has 1 rings (SSSR count). The third-order valence-corrected chi connectivity index (χ3v) is 3.43. The Morgan fingerprint density at radius 1 is 1.43 bits per heavy atom. The highest BCUT2D eigenvalue weighted by Gasteiger charge is 2.22. The van der Waals surface area contributed by atoms with Crippen LogP contribution in [0.2, 0.25) is 0 Å². The van der Waals surface area contributed by atoms with Crippen LogP contribution in [0.15, 0.2) is 12.1 Å². The summed E-state index contributed by atoms with van der Waals surface area (Å²) in [5.74, 6) is -1.20. The van der Waals surface area contributed by atoms with E-state index in [0.717, 1.165) is 4.88 Å². The third-order valence-electron chi connectivity index (χ3n) is 1.87. The van der Waals surface area contributed by atoms with Crippen LogP contribution in [0.25, 0.3) is 0 Å². The minimum Gasteiger partial charge on any atom is -0.479 e. The lowest BCUT2D eigenvalue weighted by Gasteiger charge is -2.15. The van der Waals surface area contributed by atoms with E-state index in [-0.39, 0.29) is 5.41 Å². The van der Waals surface area contributed by atoms with Crippen molar-refractivity contribution in [1.29, 1.82) is 0 Å². The molecule has 0 spiro atoms. The summed E-state index contributed by atoms with van der Waals surface area (Å²) in [5, 5.41) is 17.9. The molecule has 0 amide bonds. The predicted molar refractivity (Wildman–Crippen MR) is 55.6 cm³/mol. The van der Waals surface area contributed by atoms with E-state index >= 15 is 0 Å². The van der Waals surface area contributed by atoms with Gasteiger partial charge in [-0.3, -0.25) is 0 Å². The van der Waals surface area contributed by atoms with Gasteiger partial charge in [0, 0.05) is 9.75 Å². The average molecular weight is 214 g/mol. The van der Waals surface area contributed by atoms with Crippen molar-refractivity contribution in [2.75, 3.05) is 0 Å². The Morgan fingerprint density at radius 3 is 2.36 bits per heavy atom. The number of hydrogen-bond acceptors (Lipinski definition) is 3. The molecular formula is C10H14O3S. The molecule has 0 saturated heterocycles. The normalized spacial score (nSPS) is 14.0. The van der Waals surface area contributed by atoms with Gasteiger partial charge in [0.25, 0.3) is 0 Å². The van der Waals surface area contributed by atoms with Crippen molar-refractivity contribution in [2.45, 2.75) is 32.3 Å². The summed E-state index contributed by atoms with van der Waals surface area (Å²) in [6.07, 6.45) is -1.39. The molecule has 0 aliphatic rings. The van der Waals surface area contributed by atoms with E-state index in [0.29, 0.717) is 4.88 Å². The van der Waals surface area contributed by atoms with Gasteiger partial charge in [0.1, 0.15) is 0 Å². The summed E-state index contributed by atoms with van der Waals surface area (Å²) in [4.78, 5) is 12.1. The van der Waals surface area contributed by atoms with E-state index in [4.69, 9.17) is 5.11 Å². The first-order valence-corrected chi connectivity index (χ1v) is 5.15. The second-order valence-electron chi connectivity index (χ2n) is 4.19. The first-order valence-electron chi connectivity index (χ1n) is 4.33. The standard InChI is InChI=1S/C10H14O3S/c1-10(2,3)7-5-4-6(14-7)8(11)9(12)13/h4-5,8,11H,1-3H3,(H,12,13). The molecule has 1 aromatic rings. The molecule has 78 valence electrons. The van der Waals surface area contributed by atoms with Crippen LogP contribution in [0.3, 0.4) is 0 Å². The maximum Gasteiger partial charge on any atom is 0.338 e. The Labute approximate surface area is 87.0 Å². The number of aliphatic hydroxyl groups excluding tert-OH is 1. The minimum absolute atomic E-state index is 0.00113. The molecule has 0 aliphatic heterocycles. The maximum atomic E-state index is 10.5. The van der Waals surface area contributed by atoms with Crippen molar-refractivity contribution >= 4 is 17.3 Å². The van der Waals surface area contributed by atoms with Crippen LogP contribution in [0.5, 0.6) is 0 Å². The van der Waals surface area contributed by atoms with E-state index in [2.05, 4.69) is 20.8 Å². The lowest BCUT2D eigenvalue weighted by Crippen LogP contribution is -2.09. The molecule has 0 bridgehead atoms. The van der Waals surface area contributed by atoms with Crippen LogP contribution < -0.4 is 0 Å². The molecular weight excluding hydrogens is 200 g/mol. The van der Waals surface area contributed by atoms with Gasteiger partial charge in [0.15, 0.2) is 6.10 Å². The molecule has 1 atom stereocenters. The molecule has 0 aliphatic carbocycles. The molecule has 14 heavy (non-hydrogen) atoms. The Morgan fingerprint density at radius 2 is 2.00 bits per heavy atom. The van der Waals surface area contributed by atoms with Crippen molar-refractivity contribution in [3.8, 4) is 0 Å². The monoisotopic (exact) mass is 214 g/mol. The van der Waals surface area contributed by atoms with Gasteiger partial charge in [-0.2, -0.15) is 0 Å². The zero-order valence-electron chi connectivity index (χ0n) is 8.44. The van der Waals surface area contributed by atoms with Gasteiger partial charge in [0.05, 0.1) is 0 Å². The zero-order chi connectivity index (χ0) is 10.9. The van der Waals surface area contributed by atoms with Gasteiger partial charge in [-0.1, -0.05) is 20.8 Å². The number of carboxylic acid groups (broad SMARTS) is 1. The molecule has 0 saturated carbocycles. The molecule has 1 heterocycles. The molecule has 3 nitrogen and oxygen atoms in total. The summed E-state index contributed by atoms with van der Waals surface area (Å²) in [6.45, 7) is 6.15. The summed E-state index contributed by atoms with van der Waals surface area (Å²) in [5.41, 5.74) is 0.00113. The summed E-state index contributed by atoms with van der Waals surface area (Å²) in [6, 6.07) is 3.54. The number of hydrogen-bond donors (Lipinski definition) is 2. The summed E-state index contributed by atoms with van der Waals surface area (Å²) >= 11 is 1.35. The van der Waals surface area contributed by atoms with E-state index in [9.17, 15) is 9.90 Å². The highest BCUT2D eigenvalue weighted by atomic mass is 32.1. The molecule has 0 fully saturated rings. The highest BCUT2D eigenvalue weighted by molar-refractivity contribution is 7.12. The fourth-order valence-electron chi connectivity index (χ4n) is 1.02. The molecule has 0 radical (unpaired) electrons. The number of thiophene rings is 1. The molecule has 1 unspecified atom stereocenters. The largest absolute Gasteiger partial charge is 0.479 e.